The number of imidazole rings is 1. The molecule has 4 nitrogen and oxygen atoms in total. The summed E-state index contributed by atoms with van der Waals surface area (Å²) in [7, 11) is 2.10. The van der Waals surface area contributed by atoms with E-state index >= 15 is 0 Å². The fourth-order valence-corrected chi connectivity index (χ4v) is 5.29. The monoisotopic (exact) mass is 483 g/mol. The summed E-state index contributed by atoms with van der Waals surface area (Å²) < 4.78 is 2.20. The van der Waals surface area contributed by atoms with Gasteiger partial charge in [-0.15, -0.1) is 0 Å². The minimum absolute atomic E-state index is 0.0778. The van der Waals surface area contributed by atoms with Crippen LogP contribution in [-0.2, 0) is 11.8 Å². The second-order valence-corrected chi connectivity index (χ2v) is 9.66. The third kappa shape index (κ3) is 6.23. The Balaban J connectivity index is 1.34. The van der Waals surface area contributed by atoms with Crippen LogP contribution in [0, 0.1) is 0 Å². The first-order valence-electron chi connectivity index (χ1n) is 12.3. The van der Waals surface area contributed by atoms with E-state index in [1.807, 2.05) is 42.5 Å². The van der Waals surface area contributed by atoms with Gasteiger partial charge in [0.2, 0.25) is 5.91 Å². The molecule has 0 spiro atoms. The molecule has 35 heavy (non-hydrogen) atoms. The smallest absolute Gasteiger partial charge is 0.227 e. The summed E-state index contributed by atoms with van der Waals surface area (Å²) in [5.74, 6) is 1.00. The van der Waals surface area contributed by atoms with Crippen LogP contribution in [0.25, 0.3) is 22.5 Å². The SMILES string of the molecule is CCC(C(=O)NCCCCSc1nc(-c2ccccc2)c(-c2ccccc2)n1C)c1ccccc1. The molecule has 180 valence electrons. The van der Waals surface area contributed by atoms with Gasteiger partial charge in [0.1, 0.15) is 0 Å². The topological polar surface area (TPSA) is 46.9 Å². The van der Waals surface area contributed by atoms with Crippen molar-refractivity contribution in [3.05, 3.63) is 96.6 Å². The molecule has 1 heterocycles. The number of unbranched alkanes of at least 4 members (excludes halogenated alkanes) is 1. The van der Waals surface area contributed by atoms with Crippen LogP contribution in [-0.4, -0.2) is 27.8 Å². The zero-order valence-corrected chi connectivity index (χ0v) is 21.3. The van der Waals surface area contributed by atoms with Crippen molar-refractivity contribution >= 4 is 17.7 Å². The third-order valence-corrected chi connectivity index (χ3v) is 7.29. The molecule has 1 atom stereocenters. The van der Waals surface area contributed by atoms with E-state index in [1.54, 1.807) is 11.8 Å². The van der Waals surface area contributed by atoms with Gasteiger partial charge in [-0.25, -0.2) is 4.98 Å². The zero-order valence-electron chi connectivity index (χ0n) is 20.5. The Morgan fingerprint density at radius 1 is 0.886 bits per heavy atom. The van der Waals surface area contributed by atoms with Gasteiger partial charge in [-0.05, 0) is 24.8 Å². The van der Waals surface area contributed by atoms with Crippen LogP contribution >= 0.6 is 11.8 Å². The van der Waals surface area contributed by atoms with Gasteiger partial charge in [0.05, 0.1) is 17.3 Å². The molecule has 0 saturated heterocycles. The lowest BCUT2D eigenvalue weighted by Crippen LogP contribution is -2.30. The first kappa shape index (κ1) is 24.8. The molecule has 0 saturated carbocycles. The predicted molar refractivity (Wildman–Crippen MR) is 147 cm³/mol. The second-order valence-electron chi connectivity index (χ2n) is 8.60. The molecule has 0 fully saturated rings. The van der Waals surface area contributed by atoms with Crippen LogP contribution in [0.15, 0.2) is 96.2 Å². The lowest BCUT2D eigenvalue weighted by Gasteiger charge is -2.15. The average molecular weight is 484 g/mol. The number of benzene rings is 3. The summed E-state index contributed by atoms with van der Waals surface area (Å²) >= 11 is 1.78. The van der Waals surface area contributed by atoms with Crippen molar-refractivity contribution in [2.45, 2.75) is 37.3 Å². The van der Waals surface area contributed by atoms with Crippen LogP contribution in [0.1, 0.15) is 37.7 Å². The molecular weight excluding hydrogens is 450 g/mol. The lowest BCUT2D eigenvalue weighted by atomic mass is 9.96. The zero-order chi connectivity index (χ0) is 24.5. The van der Waals surface area contributed by atoms with Crippen LogP contribution in [0.4, 0.5) is 0 Å². The van der Waals surface area contributed by atoms with Gasteiger partial charge in [0, 0.05) is 30.5 Å². The number of nitrogens with one attached hydrogen (secondary N) is 1. The molecule has 4 rings (SSSR count). The Hall–Kier alpha value is -3.31. The molecule has 5 heteroatoms. The summed E-state index contributed by atoms with van der Waals surface area (Å²) in [5, 5.41) is 4.15. The van der Waals surface area contributed by atoms with Gasteiger partial charge in [-0.2, -0.15) is 0 Å². The minimum atomic E-state index is -0.0778. The van der Waals surface area contributed by atoms with Crippen LogP contribution in [0.5, 0.6) is 0 Å². The van der Waals surface area contributed by atoms with E-state index in [1.165, 1.54) is 5.56 Å². The fraction of sp³-hybridized carbons (Fsp3) is 0.267. The van der Waals surface area contributed by atoms with Crippen molar-refractivity contribution in [2.75, 3.05) is 12.3 Å². The Labute approximate surface area is 212 Å². The van der Waals surface area contributed by atoms with Crippen molar-refractivity contribution in [1.29, 1.82) is 0 Å². The minimum Gasteiger partial charge on any atom is -0.356 e. The van der Waals surface area contributed by atoms with Gasteiger partial charge in [-0.3, -0.25) is 4.79 Å². The quantitative estimate of drug-likeness (QED) is 0.186. The number of aromatic nitrogens is 2. The fourth-order valence-electron chi connectivity index (χ4n) is 4.31. The maximum Gasteiger partial charge on any atom is 0.227 e. The Bertz CT molecular complexity index is 1210. The number of nitrogens with zero attached hydrogens (tertiary/aromatic N) is 2. The molecule has 0 bridgehead atoms. The molecule has 3 aromatic carbocycles. The Morgan fingerprint density at radius 3 is 2.11 bits per heavy atom. The van der Waals surface area contributed by atoms with E-state index in [0.29, 0.717) is 6.54 Å². The summed E-state index contributed by atoms with van der Waals surface area (Å²) in [6.07, 6.45) is 2.77. The lowest BCUT2D eigenvalue weighted by molar-refractivity contribution is -0.122. The first-order valence-corrected chi connectivity index (χ1v) is 13.3. The molecule has 0 aliphatic carbocycles. The second kappa shape index (κ2) is 12.4. The van der Waals surface area contributed by atoms with Crippen molar-refractivity contribution in [2.24, 2.45) is 7.05 Å². The molecular formula is C30H33N3OS. The molecule has 0 radical (unpaired) electrons. The van der Waals surface area contributed by atoms with E-state index in [0.717, 1.165) is 52.7 Å². The van der Waals surface area contributed by atoms with E-state index in [2.05, 4.69) is 72.4 Å². The highest BCUT2D eigenvalue weighted by Gasteiger charge is 2.19. The van der Waals surface area contributed by atoms with E-state index < -0.39 is 0 Å². The van der Waals surface area contributed by atoms with E-state index in [9.17, 15) is 4.79 Å². The standard InChI is InChI=1S/C30H33N3OS/c1-3-26(23-15-7-4-8-16-23)29(34)31-21-13-14-22-35-30-32-27(24-17-9-5-10-18-24)28(33(30)2)25-19-11-6-12-20-25/h4-12,15-20,26H,3,13-14,21-22H2,1-2H3,(H,31,34). The number of hydrogen-bond donors (Lipinski definition) is 1. The molecule has 0 aliphatic heterocycles. The van der Waals surface area contributed by atoms with E-state index in [-0.39, 0.29) is 11.8 Å². The number of thioether (sulfide) groups is 1. The van der Waals surface area contributed by atoms with Gasteiger partial charge >= 0.3 is 0 Å². The van der Waals surface area contributed by atoms with Crippen molar-refractivity contribution in [3.8, 4) is 22.5 Å². The Morgan fingerprint density at radius 2 is 1.49 bits per heavy atom. The molecule has 1 N–H and O–H groups in total. The summed E-state index contributed by atoms with van der Waals surface area (Å²) in [5.41, 5.74) is 5.53. The summed E-state index contributed by atoms with van der Waals surface area (Å²) in [6, 6.07) is 30.9. The third-order valence-electron chi connectivity index (χ3n) is 6.18. The number of carbonyl (C=O) groups excluding carboxylic acids is 1. The summed E-state index contributed by atoms with van der Waals surface area (Å²) in [4.78, 5) is 17.7. The highest BCUT2D eigenvalue weighted by atomic mass is 32.2. The first-order chi connectivity index (χ1) is 17.2. The summed E-state index contributed by atoms with van der Waals surface area (Å²) in [6.45, 7) is 2.77. The van der Waals surface area contributed by atoms with E-state index in [4.69, 9.17) is 4.98 Å². The van der Waals surface area contributed by atoms with Gasteiger partial charge in [0.25, 0.3) is 0 Å². The predicted octanol–water partition coefficient (Wildman–Crippen LogP) is 6.94. The van der Waals surface area contributed by atoms with Gasteiger partial charge in [-0.1, -0.05) is 110 Å². The molecule has 1 unspecified atom stereocenters. The van der Waals surface area contributed by atoms with Gasteiger partial charge in [0.15, 0.2) is 5.16 Å². The van der Waals surface area contributed by atoms with Crippen LogP contribution < -0.4 is 5.32 Å². The number of rotatable bonds is 11. The maximum absolute atomic E-state index is 12.7. The number of carbonyl (C=O) groups is 1. The maximum atomic E-state index is 12.7. The van der Waals surface area contributed by atoms with Gasteiger partial charge < -0.3 is 9.88 Å². The normalized spacial score (nSPS) is 11.8. The average Bonchev–Trinajstić information content (AvgIpc) is 3.24. The molecule has 1 amide bonds. The molecule has 1 aromatic heterocycles. The number of hydrogen-bond acceptors (Lipinski definition) is 3. The molecule has 4 aromatic rings. The van der Waals surface area contributed by atoms with Crippen molar-refractivity contribution in [3.63, 3.8) is 0 Å². The molecule has 0 aliphatic rings. The highest BCUT2D eigenvalue weighted by molar-refractivity contribution is 7.99. The highest BCUT2D eigenvalue weighted by Crippen LogP contribution is 2.35. The van der Waals surface area contributed by atoms with Crippen LogP contribution in [0.3, 0.4) is 0 Å². The van der Waals surface area contributed by atoms with Crippen molar-refractivity contribution < 1.29 is 4.79 Å². The van der Waals surface area contributed by atoms with Crippen molar-refractivity contribution in [1.82, 2.24) is 14.9 Å². The largest absolute Gasteiger partial charge is 0.356 e. The Kier molecular flexibility index (Phi) is 8.79. The van der Waals surface area contributed by atoms with Crippen LogP contribution in [0.2, 0.25) is 0 Å². The number of amides is 1.